The molecule has 2 aliphatic rings. The lowest BCUT2D eigenvalue weighted by Gasteiger charge is -2.28. The predicted molar refractivity (Wildman–Crippen MR) is 109 cm³/mol. The van der Waals surface area contributed by atoms with E-state index < -0.39 is 15.9 Å². The highest BCUT2D eigenvalue weighted by Gasteiger charge is 2.34. The molecule has 9 nitrogen and oxygen atoms in total. The number of fused-ring (bicyclic) bond motifs is 1. The molecule has 1 amide bonds. The fraction of sp³-hybridized carbons (Fsp3) is 0.500. The highest BCUT2D eigenvalue weighted by molar-refractivity contribution is 7.89. The van der Waals surface area contributed by atoms with Crippen LogP contribution in [0.15, 0.2) is 29.4 Å². The van der Waals surface area contributed by atoms with Gasteiger partial charge in [0.1, 0.15) is 0 Å². The van der Waals surface area contributed by atoms with Gasteiger partial charge in [0.05, 0.1) is 5.56 Å². The predicted octanol–water partition coefficient (Wildman–Crippen LogP) is 1.98. The molecule has 0 atom stereocenters. The second-order valence-electron chi connectivity index (χ2n) is 7.66. The van der Waals surface area contributed by atoms with Gasteiger partial charge in [0.15, 0.2) is 11.5 Å². The molecule has 10 heteroatoms. The molecule has 1 aromatic carbocycles. The van der Waals surface area contributed by atoms with Crippen molar-refractivity contribution in [3.8, 4) is 11.5 Å². The van der Waals surface area contributed by atoms with Crippen LogP contribution >= 0.6 is 0 Å². The van der Waals surface area contributed by atoms with E-state index >= 15 is 0 Å². The molecule has 0 spiro atoms. The fourth-order valence-electron chi connectivity index (χ4n) is 3.59. The minimum absolute atomic E-state index is 0.0659. The SMILES string of the molecule is CCn1cc(C(=O)NCc2ccc3c(c2)OCO3)c(S(=O)(=O)N2CCC(C)CC2)n1. The van der Waals surface area contributed by atoms with Crippen molar-refractivity contribution in [1.82, 2.24) is 19.4 Å². The monoisotopic (exact) mass is 434 g/mol. The molecule has 0 radical (unpaired) electrons. The maximum Gasteiger partial charge on any atom is 0.263 e. The van der Waals surface area contributed by atoms with Crippen molar-refractivity contribution in [1.29, 1.82) is 0 Å². The van der Waals surface area contributed by atoms with Crippen LogP contribution in [0.25, 0.3) is 0 Å². The first-order valence-electron chi connectivity index (χ1n) is 10.1. The summed E-state index contributed by atoms with van der Waals surface area (Å²) in [5, 5.41) is 6.82. The van der Waals surface area contributed by atoms with Gasteiger partial charge in [-0.05, 0) is 43.4 Å². The summed E-state index contributed by atoms with van der Waals surface area (Å²) in [6, 6.07) is 5.41. The summed E-state index contributed by atoms with van der Waals surface area (Å²) in [6.45, 7) is 5.73. The number of amides is 1. The summed E-state index contributed by atoms with van der Waals surface area (Å²) in [5.41, 5.74) is 0.890. The van der Waals surface area contributed by atoms with Crippen molar-refractivity contribution in [3.63, 3.8) is 0 Å². The molecule has 4 rings (SSSR count). The summed E-state index contributed by atoms with van der Waals surface area (Å²) in [6.07, 6.45) is 3.10. The fourth-order valence-corrected chi connectivity index (χ4v) is 5.16. The first-order chi connectivity index (χ1) is 14.4. The number of carbonyl (C=O) groups excluding carboxylic acids is 1. The highest BCUT2D eigenvalue weighted by Crippen LogP contribution is 2.32. The topological polar surface area (TPSA) is 103 Å². The van der Waals surface area contributed by atoms with Gasteiger partial charge in [-0.15, -0.1) is 0 Å². The standard InChI is InChI=1S/C20H26N4O5S/c1-3-23-12-16(20(22-23)30(26,27)24-8-6-14(2)7-9-24)19(25)21-11-15-4-5-17-18(10-15)29-13-28-17/h4-5,10,12,14H,3,6-9,11,13H2,1-2H3,(H,21,25). The number of piperidine rings is 1. The minimum Gasteiger partial charge on any atom is -0.454 e. The van der Waals surface area contributed by atoms with Crippen LogP contribution in [0.3, 0.4) is 0 Å². The van der Waals surface area contributed by atoms with Crippen LogP contribution < -0.4 is 14.8 Å². The summed E-state index contributed by atoms with van der Waals surface area (Å²) in [4.78, 5) is 12.9. The molecule has 3 heterocycles. The van der Waals surface area contributed by atoms with Gasteiger partial charge >= 0.3 is 0 Å². The molecule has 0 saturated carbocycles. The van der Waals surface area contributed by atoms with E-state index in [1.807, 2.05) is 13.0 Å². The number of aryl methyl sites for hydroxylation is 1. The van der Waals surface area contributed by atoms with Crippen LogP contribution in [-0.4, -0.2) is 48.3 Å². The van der Waals surface area contributed by atoms with Gasteiger partial charge in [-0.25, -0.2) is 8.42 Å². The van der Waals surface area contributed by atoms with Crippen molar-refractivity contribution in [2.45, 2.75) is 44.8 Å². The molecule has 1 fully saturated rings. The van der Waals surface area contributed by atoms with Gasteiger partial charge in [-0.3, -0.25) is 9.48 Å². The summed E-state index contributed by atoms with van der Waals surface area (Å²) < 4.78 is 39.9. The number of hydrogen-bond donors (Lipinski definition) is 1. The van der Waals surface area contributed by atoms with Crippen molar-refractivity contribution < 1.29 is 22.7 Å². The second kappa shape index (κ2) is 8.27. The van der Waals surface area contributed by atoms with Gasteiger partial charge in [-0.2, -0.15) is 9.40 Å². The largest absolute Gasteiger partial charge is 0.454 e. The Balaban J connectivity index is 1.53. The van der Waals surface area contributed by atoms with E-state index in [0.717, 1.165) is 18.4 Å². The highest BCUT2D eigenvalue weighted by atomic mass is 32.2. The number of ether oxygens (including phenoxy) is 2. The average molecular weight is 435 g/mol. The molecular formula is C20H26N4O5S. The average Bonchev–Trinajstić information content (AvgIpc) is 3.39. The van der Waals surface area contributed by atoms with Crippen LogP contribution in [0.4, 0.5) is 0 Å². The van der Waals surface area contributed by atoms with Gasteiger partial charge in [0, 0.05) is 32.4 Å². The maximum absolute atomic E-state index is 13.2. The quantitative estimate of drug-likeness (QED) is 0.746. The Labute approximate surface area is 176 Å². The molecule has 2 aliphatic heterocycles. The Kier molecular flexibility index (Phi) is 5.70. The van der Waals surface area contributed by atoms with Crippen LogP contribution in [0.1, 0.15) is 42.6 Å². The molecule has 0 bridgehead atoms. The number of carbonyl (C=O) groups is 1. The Hall–Kier alpha value is -2.59. The lowest BCUT2D eigenvalue weighted by Crippen LogP contribution is -2.39. The first kappa shape index (κ1) is 20.7. The summed E-state index contributed by atoms with van der Waals surface area (Å²) >= 11 is 0. The van der Waals surface area contributed by atoms with Crippen LogP contribution in [0.5, 0.6) is 11.5 Å². The number of benzene rings is 1. The smallest absolute Gasteiger partial charge is 0.263 e. The third-order valence-electron chi connectivity index (χ3n) is 5.51. The van der Waals surface area contributed by atoms with Crippen LogP contribution in [0, 0.1) is 5.92 Å². The molecule has 1 saturated heterocycles. The minimum atomic E-state index is -3.84. The van der Waals surface area contributed by atoms with Gasteiger partial charge in [-0.1, -0.05) is 13.0 Å². The lowest BCUT2D eigenvalue weighted by molar-refractivity contribution is 0.0947. The van der Waals surface area contributed by atoms with E-state index in [2.05, 4.69) is 17.3 Å². The number of nitrogens with one attached hydrogen (secondary N) is 1. The Morgan fingerprint density at radius 1 is 1.23 bits per heavy atom. The summed E-state index contributed by atoms with van der Waals surface area (Å²) in [7, 11) is -3.84. The third kappa shape index (κ3) is 4.01. The first-order valence-corrected chi connectivity index (χ1v) is 11.6. The van der Waals surface area contributed by atoms with E-state index in [0.29, 0.717) is 37.1 Å². The van der Waals surface area contributed by atoms with E-state index in [9.17, 15) is 13.2 Å². The lowest BCUT2D eigenvalue weighted by atomic mass is 10.0. The van der Waals surface area contributed by atoms with Crippen molar-refractivity contribution in [2.24, 2.45) is 5.92 Å². The molecular weight excluding hydrogens is 408 g/mol. The van der Waals surface area contributed by atoms with Gasteiger partial charge in [0.2, 0.25) is 11.8 Å². The molecule has 162 valence electrons. The number of hydrogen-bond acceptors (Lipinski definition) is 6. The van der Waals surface area contributed by atoms with E-state index in [4.69, 9.17) is 9.47 Å². The second-order valence-corrected chi connectivity index (χ2v) is 9.51. The normalized spacial score (nSPS) is 17.3. The van der Waals surface area contributed by atoms with Crippen LogP contribution in [0.2, 0.25) is 0 Å². The van der Waals surface area contributed by atoms with Crippen molar-refractivity contribution >= 4 is 15.9 Å². The summed E-state index contributed by atoms with van der Waals surface area (Å²) in [5.74, 6) is 1.31. The number of aromatic nitrogens is 2. The van der Waals surface area contributed by atoms with E-state index in [-0.39, 0.29) is 23.9 Å². The Bertz CT molecular complexity index is 1040. The van der Waals surface area contributed by atoms with E-state index in [1.165, 1.54) is 15.2 Å². The zero-order valence-electron chi connectivity index (χ0n) is 17.1. The van der Waals surface area contributed by atoms with E-state index in [1.54, 1.807) is 12.1 Å². The molecule has 1 aromatic heterocycles. The van der Waals surface area contributed by atoms with Gasteiger partial charge < -0.3 is 14.8 Å². The maximum atomic E-state index is 13.2. The Morgan fingerprint density at radius 3 is 2.70 bits per heavy atom. The molecule has 0 aliphatic carbocycles. The number of sulfonamides is 1. The molecule has 0 unspecified atom stereocenters. The van der Waals surface area contributed by atoms with Crippen LogP contribution in [-0.2, 0) is 23.1 Å². The molecule has 1 N–H and O–H groups in total. The van der Waals surface area contributed by atoms with Crippen molar-refractivity contribution in [2.75, 3.05) is 19.9 Å². The number of nitrogens with zero attached hydrogens (tertiary/aromatic N) is 3. The van der Waals surface area contributed by atoms with Gasteiger partial charge in [0.25, 0.3) is 15.9 Å². The number of rotatable bonds is 6. The molecule has 30 heavy (non-hydrogen) atoms. The Morgan fingerprint density at radius 2 is 1.97 bits per heavy atom. The zero-order chi connectivity index (χ0) is 21.3. The third-order valence-corrected chi connectivity index (χ3v) is 7.35. The molecule has 2 aromatic rings. The van der Waals surface area contributed by atoms with Crippen molar-refractivity contribution in [3.05, 3.63) is 35.5 Å². The zero-order valence-corrected chi connectivity index (χ0v) is 17.9.